The molecule has 1 saturated heterocycles. The third-order valence-corrected chi connectivity index (χ3v) is 3.71. The van der Waals surface area contributed by atoms with Gasteiger partial charge >= 0.3 is 5.97 Å². The third-order valence-electron chi connectivity index (χ3n) is 2.48. The van der Waals surface area contributed by atoms with Gasteiger partial charge in [0, 0.05) is 13.1 Å². The summed E-state index contributed by atoms with van der Waals surface area (Å²) >= 11 is 1.36. The van der Waals surface area contributed by atoms with Crippen molar-refractivity contribution in [1.82, 2.24) is 10.3 Å². The second kappa shape index (κ2) is 5.57. The van der Waals surface area contributed by atoms with Gasteiger partial charge in [-0.2, -0.15) is 0 Å². The van der Waals surface area contributed by atoms with Crippen molar-refractivity contribution in [1.29, 1.82) is 0 Å². The summed E-state index contributed by atoms with van der Waals surface area (Å²) in [6, 6.07) is 0. The maximum atomic E-state index is 11.7. The Bertz CT molecular complexity index is 399. The summed E-state index contributed by atoms with van der Waals surface area (Å²) in [5, 5.41) is 4.09. The van der Waals surface area contributed by atoms with E-state index < -0.39 is 0 Å². The van der Waals surface area contributed by atoms with Crippen molar-refractivity contribution < 1.29 is 14.3 Å². The lowest BCUT2D eigenvalue weighted by Gasteiger charge is -2.21. The minimum Gasteiger partial charge on any atom is -0.462 e. The molecule has 0 amide bonds. The zero-order valence-electron chi connectivity index (χ0n) is 9.99. The Kier molecular flexibility index (Phi) is 4.09. The molecule has 0 radical (unpaired) electrons. The summed E-state index contributed by atoms with van der Waals surface area (Å²) in [4.78, 5) is 16.6. The molecule has 6 heteroatoms. The molecule has 1 aliphatic rings. The molecule has 0 aliphatic carbocycles. The number of ether oxygens (including phenoxy) is 2. The van der Waals surface area contributed by atoms with Crippen LogP contribution < -0.4 is 5.32 Å². The van der Waals surface area contributed by atoms with E-state index in [1.165, 1.54) is 11.3 Å². The van der Waals surface area contributed by atoms with Crippen molar-refractivity contribution in [3.63, 3.8) is 0 Å². The number of esters is 1. The van der Waals surface area contributed by atoms with Crippen LogP contribution in [0.4, 0.5) is 0 Å². The first-order chi connectivity index (χ1) is 8.22. The highest BCUT2D eigenvalue weighted by atomic mass is 32.1. The van der Waals surface area contributed by atoms with Crippen molar-refractivity contribution in [2.45, 2.75) is 20.0 Å². The maximum absolute atomic E-state index is 11.7. The van der Waals surface area contributed by atoms with E-state index in [1.807, 2.05) is 6.92 Å². The van der Waals surface area contributed by atoms with E-state index in [4.69, 9.17) is 9.47 Å². The highest BCUT2D eigenvalue weighted by Crippen LogP contribution is 2.27. The number of rotatable bonds is 3. The molecule has 17 heavy (non-hydrogen) atoms. The SMILES string of the molecule is CCOC(=O)c1sc(C2CNCCO2)nc1C. The smallest absolute Gasteiger partial charge is 0.350 e. The topological polar surface area (TPSA) is 60.5 Å². The Hall–Kier alpha value is -0.980. The lowest BCUT2D eigenvalue weighted by atomic mass is 10.3. The molecule has 1 aliphatic heterocycles. The Balaban J connectivity index is 2.14. The van der Waals surface area contributed by atoms with Gasteiger partial charge in [0.25, 0.3) is 0 Å². The molecule has 2 heterocycles. The maximum Gasteiger partial charge on any atom is 0.350 e. The average molecular weight is 256 g/mol. The summed E-state index contributed by atoms with van der Waals surface area (Å²) in [6.45, 7) is 6.29. The zero-order chi connectivity index (χ0) is 12.3. The predicted molar refractivity (Wildman–Crippen MR) is 64.4 cm³/mol. The number of morpholine rings is 1. The molecule has 2 rings (SSSR count). The number of thiazole rings is 1. The van der Waals surface area contributed by atoms with E-state index in [-0.39, 0.29) is 12.1 Å². The fourth-order valence-electron chi connectivity index (χ4n) is 1.67. The first-order valence-corrected chi connectivity index (χ1v) is 6.50. The molecule has 0 saturated carbocycles. The summed E-state index contributed by atoms with van der Waals surface area (Å²) in [6.07, 6.45) is -0.0457. The zero-order valence-corrected chi connectivity index (χ0v) is 10.8. The molecule has 0 bridgehead atoms. The molecule has 1 aromatic rings. The Labute approximate surface area is 104 Å². The number of carbonyl (C=O) groups excluding carboxylic acids is 1. The van der Waals surface area contributed by atoms with Gasteiger partial charge in [-0.1, -0.05) is 0 Å². The standard InChI is InChI=1S/C11H16N2O3S/c1-3-15-11(14)9-7(2)13-10(17-9)8-6-12-4-5-16-8/h8,12H,3-6H2,1-2H3. The average Bonchev–Trinajstić information content (AvgIpc) is 2.73. The van der Waals surface area contributed by atoms with Crippen LogP contribution in [0.3, 0.4) is 0 Å². The van der Waals surface area contributed by atoms with Crippen molar-refractivity contribution in [2.75, 3.05) is 26.3 Å². The summed E-state index contributed by atoms with van der Waals surface area (Å²) < 4.78 is 10.6. The molecule has 0 aromatic carbocycles. The van der Waals surface area contributed by atoms with Gasteiger partial charge in [0.05, 0.1) is 18.9 Å². The van der Waals surface area contributed by atoms with Crippen LogP contribution >= 0.6 is 11.3 Å². The number of carbonyl (C=O) groups is 1. The van der Waals surface area contributed by atoms with Crippen LogP contribution in [-0.4, -0.2) is 37.3 Å². The van der Waals surface area contributed by atoms with Crippen LogP contribution in [0.2, 0.25) is 0 Å². The summed E-state index contributed by atoms with van der Waals surface area (Å²) in [5.41, 5.74) is 0.720. The van der Waals surface area contributed by atoms with Crippen LogP contribution in [0.25, 0.3) is 0 Å². The third kappa shape index (κ3) is 2.83. The lowest BCUT2D eigenvalue weighted by Crippen LogP contribution is -2.33. The largest absolute Gasteiger partial charge is 0.462 e. The Morgan fingerprint density at radius 2 is 2.53 bits per heavy atom. The van der Waals surface area contributed by atoms with Gasteiger partial charge in [0.1, 0.15) is 16.0 Å². The quantitative estimate of drug-likeness (QED) is 0.826. The molecule has 1 aromatic heterocycles. The second-order valence-electron chi connectivity index (χ2n) is 3.75. The number of nitrogens with zero attached hydrogens (tertiary/aromatic N) is 1. The number of hydrogen-bond acceptors (Lipinski definition) is 6. The number of nitrogens with one attached hydrogen (secondary N) is 1. The van der Waals surface area contributed by atoms with Gasteiger partial charge in [0.15, 0.2) is 0 Å². The molecule has 5 nitrogen and oxygen atoms in total. The van der Waals surface area contributed by atoms with Crippen molar-refractivity contribution in [3.8, 4) is 0 Å². The van der Waals surface area contributed by atoms with E-state index in [0.29, 0.717) is 18.1 Å². The molecule has 1 N–H and O–H groups in total. The van der Waals surface area contributed by atoms with Gasteiger partial charge < -0.3 is 14.8 Å². The monoisotopic (exact) mass is 256 g/mol. The van der Waals surface area contributed by atoms with Crippen molar-refractivity contribution >= 4 is 17.3 Å². The van der Waals surface area contributed by atoms with Crippen molar-refractivity contribution in [2.24, 2.45) is 0 Å². The van der Waals surface area contributed by atoms with E-state index in [1.54, 1.807) is 6.92 Å². The van der Waals surface area contributed by atoms with Gasteiger partial charge in [0.2, 0.25) is 0 Å². The fourth-order valence-corrected chi connectivity index (χ4v) is 2.68. The number of hydrogen-bond donors (Lipinski definition) is 1. The fraction of sp³-hybridized carbons (Fsp3) is 0.636. The molecule has 1 fully saturated rings. The first kappa shape index (κ1) is 12.5. The van der Waals surface area contributed by atoms with E-state index >= 15 is 0 Å². The minimum absolute atomic E-state index is 0.0457. The second-order valence-corrected chi connectivity index (χ2v) is 4.78. The van der Waals surface area contributed by atoms with E-state index in [2.05, 4.69) is 10.3 Å². The predicted octanol–water partition coefficient (Wildman–Crippen LogP) is 1.29. The molecule has 94 valence electrons. The minimum atomic E-state index is -0.294. The summed E-state index contributed by atoms with van der Waals surface area (Å²) in [7, 11) is 0. The van der Waals surface area contributed by atoms with Gasteiger partial charge in [-0.3, -0.25) is 0 Å². The number of aromatic nitrogens is 1. The number of aryl methyl sites for hydroxylation is 1. The normalized spacial score (nSPS) is 20.2. The Morgan fingerprint density at radius 3 is 3.18 bits per heavy atom. The molecular formula is C11H16N2O3S. The highest BCUT2D eigenvalue weighted by Gasteiger charge is 2.23. The van der Waals surface area contributed by atoms with Gasteiger partial charge in [-0.25, -0.2) is 9.78 Å². The highest BCUT2D eigenvalue weighted by molar-refractivity contribution is 7.13. The molecule has 1 unspecified atom stereocenters. The van der Waals surface area contributed by atoms with Crippen molar-refractivity contribution in [3.05, 3.63) is 15.6 Å². The molecule has 0 spiro atoms. The van der Waals surface area contributed by atoms with Crippen LogP contribution in [0.15, 0.2) is 0 Å². The molecular weight excluding hydrogens is 240 g/mol. The van der Waals surface area contributed by atoms with Crippen LogP contribution in [-0.2, 0) is 9.47 Å². The molecule has 1 atom stereocenters. The van der Waals surface area contributed by atoms with Crippen LogP contribution in [0.5, 0.6) is 0 Å². The Morgan fingerprint density at radius 1 is 1.71 bits per heavy atom. The van der Waals surface area contributed by atoms with E-state index in [9.17, 15) is 4.79 Å². The van der Waals surface area contributed by atoms with E-state index in [0.717, 1.165) is 23.8 Å². The van der Waals surface area contributed by atoms with Gasteiger partial charge in [-0.05, 0) is 13.8 Å². The van der Waals surface area contributed by atoms with Crippen LogP contribution in [0.1, 0.15) is 33.4 Å². The lowest BCUT2D eigenvalue weighted by molar-refractivity contribution is 0.0275. The van der Waals surface area contributed by atoms with Gasteiger partial charge in [-0.15, -0.1) is 11.3 Å². The van der Waals surface area contributed by atoms with Crippen LogP contribution in [0, 0.1) is 6.92 Å². The summed E-state index contributed by atoms with van der Waals surface area (Å²) in [5.74, 6) is -0.294. The first-order valence-electron chi connectivity index (χ1n) is 5.69.